The number of likely N-dealkylation sites (N-methyl/N-ethyl adjacent to an activating group) is 1. The number of aliphatic hydroxyl groups is 1. The summed E-state index contributed by atoms with van der Waals surface area (Å²) in [5.74, 6) is -0.207. The molecular weight excluding hydrogens is 671 g/mol. The summed E-state index contributed by atoms with van der Waals surface area (Å²) in [6.45, 7) is 4.60. The summed E-state index contributed by atoms with van der Waals surface area (Å²) in [5.41, 5.74) is 0. The first kappa shape index (κ1) is 51.0. The highest BCUT2D eigenvalue weighted by molar-refractivity contribution is 7.45. The van der Waals surface area contributed by atoms with E-state index in [4.69, 9.17) is 9.05 Å². The zero-order valence-corrected chi connectivity index (χ0v) is 35.7. The van der Waals surface area contributed by atoms with Crippen molar-refractivity contribution in [2.45, 2.75) is 206 Å². The van der Waals surface area contributed by atoms with Crippen molar-refractivity contribution >= 4 is 13.7 Å². The molecule has 0 saturated heterocycles. The van der Waals surface area contributed by atoms with Crippen LogP contribution in [0.5, 0.6) is 0 Å². The third kappa shape index (κ3) is 37.3. The SMILES string of the molecule is CCCCCCC/C=C/CC/C=C/C(O)C(COP(=O)([O-])OCC[N+](C)(C)C)NC(=O)CCCCCCCCCCCCCCCCCCCCC. The standard InChI is InChI=1S/C43H85N2O6P/c1-6-8-10-12-14-16-18-19-20-21-22-23-24-25-27-29-31-33-35-37-43(47)44-41(40-51-52(48,49)50-39-38-45(3,4)5)42(46)36-34-32-30-28-26-17-15-13-11-9-7-2/h26,28,34,36,41-42,46H,6-25,27,29-33,35,37-40H2,1-5H3,(H-,44,47,48,49)/b28-26+,36-34+. The van der Waals surface area contributed by atoms with Crippen molar-refractivity contribution < 1.29 is 32.9 Å². The van der Waals surface area contributed by atoms with E-state index in [2.05, 4.69) is 31.3 Å². The number of phosphoric ester groups is 1. The number of rotatable bonds is 39. The van der Waals surface area contributed by atoms with E-state index in [0.717, 1.165) is 38.5 Å². The highest BCUT2D eigenvalue weighted by atomic mass is 31.2. The summed E-state index contributed by atoms with van der Waals surface area (Å²) in [5, 5.41) is 13.7. The Balaban J connectivity index is 4.36. The first-order valence-electron chi connectivity index (χ1n) is 21.7. The first-order valence-corrected chi connectivity index (χ1v) is 23.2. The summed E-state index contributed by atoms with van der Waals surface area (Å²) in [6, 6.07) is -0.896. The molecule has 3 unspecified atom stereocenters. The highest BCUT2D eigenvalue weighted by Crippen LogP contribution is 2.38. The van der Waals surface area contributed by atoms with E-state index < -0.39 is 20.0 Å². The normalized spacial score (nSPS) is 14.7. The molecular formula is C43H85N2O6P. The second-order valence-corrected chi connectivity index (χ2v) is 17.5. The van der Waals surface area contributed by atoms with E-state index in [0.29, 0.717) is 17.4 Å². The Labute approximate surface area is 322 Å². The molecule has 0 saturated carbocycles. The van der Waals surface area contributed by atoms with Crippen molar-refractivity contribution in [3.8, 4) is 0 Å². The number of hydrogen-bond donors (Lipinski definition) is 2. The van der Waals surface area contributed by atoms with Crippen LogP contribution in [0.1, 0.15) is 194 Å². The second kappa shape index (κ2) is 35.7. The van der Waals surface area contributed by atoms with Gasteiger partial charge in [0.05, 0.1) is 39.9 Å². The molecule has 0 fully saturated rings. The van der Waals surface area contributed by atoms with Gasteiger partial charge in [-0.2, -0.15) is 0 Å². The van der Waals surface area contributed by atoms with E-state index in [1.165, 1.54) is 135 Å². The maximum Gasteiger partial charge on any atom is 0.268 e. The Morgan fingerprint density at radius 3 is 1.56 bits per heavy atom. The van der Waals surface area contributed by atoms with Gasteiger partial charge in [-0.15, -0.1) is 0 Å². The molecule has 0 aliphatic carbocycles. The Bertz CT molecular complexity index is 907. The minimum Gasteiger partial charge on any atom is -0.756 e. The molecule has 1 amide bonds. The van der Waals surface area contributed by atoms with Gasteiger partial charge in [0, 0.05) is 6.42 Å². The lowest BCUT2D eigenvalue weighted by Crippen LogP contribution is -2.45. The summed E-state index contributed by atoms with van der Waals surface area (Å²) < 4.78 is 23.1. The molecule has 308 valence electrons. The topological polar surface area (TPSA) is 108 Å². The minimum atomic E-state index is -4.59. The smallest absolute Gasteiger partial charge is 0.268 e. The van der Waals surface area contributed by atoms with Gasteiger partial charge in [-0.1, -0.05) is 179 Å². The van der Waals surface area contributed by atoms with E-state index in [1.807, 2.05) is 27.2 Å². The predicted molar refractivity (Wildman–Crippen MR) is 219 cm³/mol. The molecule has 0 rings (SSSR count). The van der Waals surface area contributed by atoms with Gasteiger partial charge in [0.25, 0.3) is 7.82 Å². The fraction of sp³-hybridized carbons (Fsp3) is 0.884. The molecule has 0 heterocycles. The molecule has 0 bridgehead atoms. The maximum atomic E-state index is 12.8. The highest BCUT2D eigenvalue weighted by Gasteiger charge is 2.23. The van der Waals surface area contributed by atoms with Gasteiger partial charge in [-0.05, 0) is 32.1 Å². The van der Waals surface area contributed by atoms with Gasteiger partial charge in [-0.3, -0.25) is 9.36 Å². The molecule has 3 atom stereocenters. The average molecular weight is 757 g/mol. The zero-order valence-electron chi connectivity index (χ0n) is 34.8. The van der Waals surface area contributed by atoms with Gasteiger partial charge >= 0.3 is 0 Å². The lowest BCUT2D eigenvalue weighted by atomic mass is 10.0. The molecule has 0 aromatic rings. The Morgan fingerprint density at radius 2 is 1.08 bits per heavy atom. The van der Waals surface area contributed by atoms with Crippen LogP contribution in [0.2, 0.25) is 0 Å². The van der Waals surface area contributed by atoms with Crippen molar-refractivity contribution in [3.05, 3.63) is 24.3 Å². The molecule has 0 aromatic heterocycles. The Hall–Kier alpha value is -1.02. The van der Waals surface area contributed by atoms with Crippen molar-refractivity contribution in [2.24, 2.45) is 0 Å². The summed E-state index contributed by atoms with van der Waals surface area (Å²) in [6.07, 6.45) is 40.9. The molecule has 8 nitrogen and oxygen atoms in total. The van der Waals surface area contributed by atoms with Crippen molar-refractivity contribution in [1.82, 2.24) is 5.32 Å². The molecule has 2 N–H and O–H groups in total. The van der Waals surface area contributed by atoms with Crippen LogP contribution >= 0.6 is 7.82 Å². The van der Waals surface area contributed by atoms with Crippen LogP contribution in [-0.4, -0.2) is 68.5 Å². The average Bonchev–Trinajstić information content (AvgIpc) is 3.09. The van der Waals surface area contributed by atoms with E-state index in [-0.39, 0.29) is 19.1 Å². The number of nitrogens with one attached hydrogen (secondary N) is 1. The van der Waals surface area contributed by atoms with Gasteiger partial charge in [-0.25, -0.2) is 0 Å². The molecule has 9 heteroatoms. The minimum absolute atomic E-state index is 0.00455. The number of amides is 1. The monoisotopic (exact) mass is 757 g/mol. The number of unbranched alkanes of at least 4 members (excludes halogenated alkanes) is 24. The van der Waals surface area contributed by atoms with E-state index in [9.17, 15) is 19.4 Å². The van der Waals surface area contributed by atoms with Crippen LogP contribution in [0, 0.1) is 0 Å². The van der Waals surface area contributed by atoms with Crippen molar-refractivity contribution in [3.63, 3.8) is 0 Å². The third-order valence-corrected chi connectivity index (χ3v) is 10.6. The van der Waals surface area contributed by atoms with Gasteiger partial charge in [0.1, 0.15) is 13.2 Å². The predicted octanol–water partition coefficient (Wildman–Crippen LogP) is 11.1. The van der Waals surface area contributed by atoms with Crippen LogP contribution in [0.15, 0.2) is 24.3 Å². The van der Waals surface area contributed by atoms with Gasteiger partial charge in [0.2, 0.25) is 5.91 Å². The van der Waals surface area contributed by atoms with Crippen LogP contribution in [0.4, 0.5) is 0 Å². The molecule has 0 aromatic carbocycles. The quantitative estimate of drug-likeness (QED) is 0.0280. The van der Waals surface area contributed by atoms with Crippen LogP contribution < -0.4 is 10.2 Å². The molecule has 0 spiro atoms. The Kier molecular flexibility index (Phi) is 35.0. The van der Waals surface area contributed by atoms with Crippen molar-refractivity contribution in [2.75, 3.05) is 40.9 Å². The summed E-state index contributed by atoms with van der Waals surface area (Å²) in [7, 11) is 1.25. The molecule has 0 aliphatic heterocycles. The number of hydrogen-bond acceptors (Lipinski definition) is 6. The summed E-state index contributed by atoms with van der Waals surface area (Å²) in [4.78, 5) is 25.2. The van der Waals surface area contributed by atoms with Gasteiger partial charge < -0.3 is 28.8 Å². The fourth-order valence-corrected chi connectivity index (χ4v) is 6.89. The summed E-state index contributed by atoms with van der Waals surface area (Å²) >= 11 is 0. The number of quaternary nitrogens is 1. The molecule has 0 radical (unpaired) electrons. The number of allylic oxidation sites excluding steroid dienone is 3. The van der Waals surface area contributed by atoms with Crippen LogP contribution in [-0.2, 0) is 18.4 Å². The Morgan fingerprint density at radius 1 is 0.654 bits per heavy atom. The second-order valence-electron chi connectivity index (χ2n) is 16.0. The number of carbonyl (C=O) groups excluding carboxylic acids is 1. The van der Waals surface area contributed by atoms with Crippen LogP contribution in [0.3, 0.4) is 0 Å². The maximum absolute atomic E-state index is 12.8. The lowest BCUT2D eigenvalue weighted by Gasteiger charge is -2.29. The molecule has 52 heavy (non-hydrogen) atoms. The van der Waals surface area contributed by atoms with Crippen LogP contribution in [0.25, 0.3) is 0 Å². The number of phosphoric acid groups is 1. The fourth-order valence-electron chi connectivity index (χ4n) is 6.17. The van der Waals surface area contributed by atoms with E-state index >= 15 is 0 Å². The number of aliphatic hydroxyl groups excluding tert-OH is 1. The molecule has 0 aliphatic rings. The number of nitrogens with zero attached hydrogens (tertiary/aromatic N) is 1. The first-order chi connectivity index (χ1) is 25.0. The van der Waals surface area contributed by atoms with Crippen molar-refractivity contribution in [1.29, 1.82) is 0 Å². The number of carbonyl (C=O) groups is 1. The zero-order chi connectivity index (χ0) is 38.6. The third-order valence-electron chi connectivity index (χ3n) is 9.66. The van der Waals surface area contributed by atoms with Gasteiger partial charge in [0.15, 0.2) is 0 Å². The lowest BCUT2D eigenvalue weighted by molar-refractivity contribution is -0.870. The van der Waals surface area contributed by atoms with E-state index in [1.54, 1.807) is 6.08 Å². The largest absolute Gasteiger partial charge is 0.756 e.